The van der Waals surface area contributed by atoms with E-state index in [0.717, 1.165) is 24.8 Å². The van der Waals surface area contributed by atoms with Crippen LogP contribution in [0.2, 0.25) is 0 Å². The number of hydrogen-bond acceptors (Lipinski definition) is 0. The number of rotatable bonds is 2. The standard InChI is InChI=1S/C29H34/c1-22-11-13-23(14-12-22)9-7-8-10-25-21-29(5,6)20-19-27(25)24-15-17-26(18-16-24)28(2,3)4/h8,10-15,17,19,21H,16,18,20H2,1-6H3/b10-8+. The Bertz CT molecular complexity index is 965. The highest BCUT2D eigenvalue weighted by Gasteiger charge is 2.24. The summed E-state index contributed by atoms with van der Waals surface area (Å²) in [6.07, 6.45) is 17.1. The molecule has 0 heteroatoms. The minimum absolute atomic E-state index is 0.190. The molecule has 0 saturated carbocycles. The highest BCUT2D eigenvalue weighted by molar-refractivity contribution is 5.57. The van der Waals surface area contributed by atoms with Crippen molar-refractivity contribution in [3.63, 3.8) is 0 Å². The van der Waals surface area contributed by atoms with Gasteiger partial charge in [-0.05, 0) is 78.0 Å². The predicted molar refractivity (Wildman–Crippen MR) is 127 cm³/mol. The van der Waals surface area contributed by atoms with E-state index in [1.54, 1.807) is 5.57 Å². The molecule has 0 heterocycles. The van der Waals surface area contributed by atoms with Gasteiger partial charge in [0.2, 0.25) is 0 Å². The van der Waals surface area contributed by atoms with Crippen molar-refractivity contribution in [2.75, 3.05) is 0 Å². The molecule has 150 valence electrons. The molecule has 0 aliphatic heterocycles. The summed E-state index contributed by atoms with van der Waals surface area (Å²) in [5, 5.41) is 0. The lowest BCUT2D eigenvalue weighted by Gasteiger charge is -2.30. The smallest absolute Gasteiger partial charge is 0.0249 e. The Hall–Kier alpha value is -2.52. The average Bonchev–Trinajstić information content (AvgIpc) is 2.66. The average molecular weight is 383 g/mol. The fraction of sp³-hybridized carbons (Fsp3) is 0.379. The van der Waals surface area contributed by atoms with Crippen LogP contribution in [0, 0.1) is 29.6 Å². The van der Waals surface area contributed by atoms with Gasteiger partial charge in [-0.2, -0.15) is 0 Å². The molecule has 29 heavy (non-hydrogen) atoms. The first kappa shape index (κ1) is 21.2. The molecule has 0 amide bonds. The monoisotopic (exact) mass is 382 g/mol. The zero-order valence-corrected chi connectivity index (χ0v) is 18.9. The van der Waals surface area contributed by atoms with Crippen molar-refractivity contribution in [2.24, 2.45) is 10.8 Å². The Labute approximate surface area is 177 Å². The Morgan fingerprint density at radius 3 is 2.34 bits per heavy atom. The molecule has 0 radical (unpaired) electrons. The summed E-state index contributed by atoms with van der Waals surface area (Å²) in [4.78, 5) is 0. The highest BCUT2D eigenvalue weighted by atomic mass is 14.3. The molecule has 0 nitrogen and oxygen atoms in total. The highest BCUT2D eigenvalue weighted by Crippen LogP contribution is 2.40. The zero-order chi connectivity index (χ0) is 21.1. The quantitative estimate of drug-likeness (QED) is 0.456. The predicted octanol–water partition coefficient (Wildman–Crippen LogP) is 7.88. The number of allylic oxidation sites excluding steroid dienone is 10. The van der Waals surface area contributed by atoms with Gasteiger partial charge in [0.05, 0.1) is 0 Å². The Morgan fingerprint density at radius 2 is 1.72 bits per heavy atom. The first-order chi connectivity index (χ1) is 13.6. The Balaban J connectivity index is 1.82. The number of hydrogen-bond donors (Lipinski definition) is 0. The first-order valence-corrected chi connectivity index (χ1v) is 10.7. The third kappa shape index (κ3) is 5.74. The molecule has 0 N–H and O–H groups in total. The zero-order valence-electron chi connectivity index (χ0n) is 18.9. The van der Waals surface area contributed by atoms with Crippen molar-refractivity contribution in [1.29, 1.82) is 0 Å². The summed E-state index contributed by atoms with van der Waals surface area (Å²) < 4.78 is 0. The lowest BCUT2D eigenvalue weighted by molar-refractivity contribution is 0.475. The molecule has 1 aromatic carbocycles. The molecule has 1 aromatic rings. The molecule has 0 aromatic heterocycles. The van der Waals surface area contributed by atoms with Crippen molar-refractivity contribution in [1.82, 2.24) is 0 Å². The lowest BCUT2D eigenvalue weighted by atomic mass is 9.75. The molecule has 0 saturated heterocycles. The van der Waals surface area contributed by atoms with Crippen LogP contribution >= 0.6 is 0 Å². The van der Waals surface area contributed by atoms with Crippen LogP contribution in [0.5, 0.6) is 0 Å². The summed E-state index contributed by atoms with van der Waals surface area (Å²) >= 11 is 0. The van der Waals surface area contributed by atoms with E-state index in [0.29, 0.717) is 0 Å². The van der Waals surface area contributed by atoms with Crippen molar-refractivity contribution < 1.29 is 0 Å². The summed E-state index contributed by atoms with van der Waals surface area (Å²) in [7, 11) is 0. The molecular formula is C29H34. The van der Waals surface area contributed by atoms with Crippen molar-refractivity contribution in [3.8, 4) is 11.8 Å². The maximum absolute atomic E-state index is 3.24. The largest absolute Gasteiger partial charge is 0.0756 e. The van der Waals surface area contributed by atoms with Crippen LogP contribution in [0.3, 0.4) is 0 Å². The van der Waals surface area contributed by atoms with E-state index in [1.807, 2.05) is 6.08 Å². The molecular weight excluding hydrogens is 348 g/mol. The summed E-state index contributed by atoms with van der Waals surface area (Å²) in [5.41, 5.74) is 8.47. The minimum atomic E-state index is 0.190. The van der Waals surface area contributed by atoms with E-state index in [-0.39, 0.29) is 10.8 Å². The van der Waals surface area contributed by atoms with Gasteiger partial charge >= 0.3 is 0 Å². The second-order valence-electron chi connectivity index (χ2n) is 10.0. The molecule has 3 rings (SSSR count). The van der Waals surface area contributed by atoms with Gasteiger partial charge in [0.25, 0.3) is 0 Å². The summed E-state index contributed by atoms with van der Waals surface area (Å²) in [6, 6.07) is 8.37. The van der Waals surface area contributed by atoms with E-state index in [9.17, 15) is 0 Å². The minimum Gasteiger partial charge on any atom is -0.0756 e. The van der Waals surface area contributed by atoms with Crippen LogP contribution in [-0.2, 0) is 0 Å². The normalized spacial score (nSPS) is 19.0. The molecule has 0 spiro atoms. The lowest BCUT2D eigenvalue weighted by Crippen LogP contribution is -2.15. The Kier molecular flexibility index (Phi) is 6.18. The summed E-state index contributed by atoms with van der Waals surface area (Å²) in [6.45, 7) is 13.6. The molecule has 2 aliphatic rings. The number of benzene rings is 1. The summed E-state index contributed by atoms with van der Waals surface area (Å²) in [5.74, 6) is 6.46. The molecule has 0 atom stereocenters. The van der Waals surface area contributed by atoms with Gasteiger partial charge in [0.1, 0.15) is 0 Å². The van der Waals surface area contributed by atoms with Crippen LogP contribution in [0.4, 0.5) is 0 Å². The van der Waals surface area contributed by atoms with Gasteiger partial charge < -0.3 is 0 Å². The first-order valence-electron chi connectivity index (χ1n) is 10.7. The fourth-order valence-corrected chi connectivity index (χ4v) is 3.87. The van der Waals surface area contributed by atoms with Crippen LogP contribution in [-0.4, -0.2) is 0 Å². The van der Waals surface area contributed by atoms with Gasteiger partial charge in [-0.1, -0.05) is 94.0 Å². The topological polar surface area (TPSA) is 0 Å². The SMILES string of the molecule is Cc1ccc(C#C/C=C/C2=CC(C)(C)CC=C2C2=CC=C(C(C)(C)C)CC2)cc1. The second kappa shape index (κ2) is 8.46. The van der Waals surface area contributed by atoms with Gasteiger partial charge in [-0.15, -0.1) is 0 Å². The van der Waals surface area contributed by atoms with E-state index in [2.05, 4.69) is 108 Å². The van der Waals surface area contributed by atoms with E-state index in [4.69, 9.17) is 0 Å². The molecule has 0 bridgehead atoms. The third-order valence-corrected chi connectivity index (χ3v) is 5.76. The number of aryl methyl sites for hydroxylation is 1. The van der Waals surface area contributed by atoms with Crippen LogP contribution < -0.4 is 0 Å². The van der Waals surface area contributed by atoms with E-state index < -0.39 is 0 Å². The van der Waals surface area contributed by atoms with Crippen LogP contribution in [0.25, 0.3) is 0 Å². The van der Waals surface area contributed by atoms with Crippen LogP contribution in [0.1, 0.15) is 65.0 Å². The van der Waals surface area contributed by atoms with Crippen LogP contribution in [0.15, 0.2) is 83.0 Å². The van der Waals surface area contributed by atoms with Crippen molar-refractivity contribution >= 4 is 0 Å². The Morgan fingerprint density at radius 1 is 1.00 bits per heavy atom. The maximum atomic E-state index is 3.24. The van der Waals surface area contributed by atoms with Gasteiger partial charge in [-0.25, -0.2) is 0 Å². The van der Waals surface area contributed by atoms with Crippen molar-refractivity contribution in [2.45, 2.75) is 60.8 Å². The second-order valence-corrected chi connectivity index (χ2v) is 10.0. The molecule has 0 unspecified atom stereocenters. The van der Waals surface area contributed by atoms with Crippen molar-refractivity contribution in [3.05, 3.63) is 94.1 Å². The van der Waals surface area contributed by atoms with E-state index >= 15 is 0 Å². The fourth-order valence-electron chi connectivity index (χ4n) is 3.87. The van der Waals surface area contributed by atoms with Gasteiger partial charge in [-0.3, -0.25) is 0 Å². The van der Waals surface area contributed by atoms with Gasteiger partial charge in [0, 0.05) is 5.56 Å². The van der Waals surface area contributed by atoms with E-state index in [1.165, 1.54) is 22.3 Å². The molecule has 2 aliphatic carbocycles. The maximum Gasteiger partial charge on any atom is 0.0249 e. The third-order valence-electron chi connectivity index (χ3n) is 5.76. The molecule has 0 fully saturated rings. The van der Waals surface area contributed by atoms with Gasteiger partial charge in [0.15, 0.2) is 0 Å².